The van der Waals surface area contributed by atoms with Gasteiger partial charge in [0, 0.05) is 12.4 Å². The van der Waals surface area contributed by atoms with E-state index in [0.29, 0.717) is 28.5 Å². The fourth-order valence-corrected chi connectivity index (χ4v) is 3.29. The van der Waals surface area contributed by atoms with Gasteiger partial charge < -0.3 is 14.6 Å². The molecule has 4 rings (SSSR count). The Labute approximate surface area is 169 Å². The number of hydrogen-bond donors (Lipinski definition) is 1. The van der Waals surface area contributed by atoms with Crippen LogP contribution in [0.3, 0.4) is 0 Å². The van der Waals surface area contributed by atoms with E-state index in [-0.39, 0.29) is 5.91 Å². The Morgan fingerprint density at radius 2 is 1.66 bits per heavy atom. The molecule has 1 amide bonds. The Hall–Kier alpha value is -3.80. The number of anilines is 1. The molecule has 6 nitrogen and oxygen atoms in total. The van der Waals surface area contributed by atoms with Gasteiger partial charge in [0.25, 0.3) is 5.91 Å². The summed E-state index contributed by atoms with van der Waals surface area (Å²) in [4.78, 5) is 13.3. The van der Waals surface area contributed by atoms with Gasteiger partial charge in [0.05, 0.1) is 24.2 Å². The maximum absolute atomic E-state index is 13.3. The monoisotopic (exact) mass is 386 g/mol. The number of ether oxygens (including phenoxy) is 1. The van der Waals surface area contributed by atoms with Gasteiger partial charge in [-0.25, -0.2) is 4.68 Å². The van der Waals surface area contributed by atoms with Crippen molar-refractivity contribution in [3.63, 3.8) is 0 Å². The maximum Gasteiger partial charge on any atom is 0.261 e. The lowest BCUT2D eigenvalue weighted by molar-refractivity contribution is 0.102. The van der Waals surface area contributed by atoms with Crippen LogP contribution in [0.5, 0.6) is 5.75 Å². The first kappa shape index (κ1) is 18.6. The second kappa shape index (κ2) is 7.67. The van der Waals surface area contributed by atoms with E-state index in [1.165, 1.54) is 0 Å². The van der Waals surface area contributed by atoms with Crippen LogP contribution in [-0.2, 0) is 0 Å². The molecule has 0 unspecified atom stereocenters. The third kappa shape index (κ3) is 3.52. The van der Waals surface area contributed by atoms with Crippen molar-refractivity contribution in [3.8, 4) is 17.3 Å². The molecule has 2 heterocycles. The lowest BCUT2D eigenvalue weighted by Crippen LogP contribution is -2.16. The molecule has 2 aromatic heterocycles. The molecule has 0 aliphatic rings. The van der Waals surface area contributed by atoms with E-state index in [9.17, 15) is 4.79 Å². The van der Waals surface area contributed by atoms with Crippen molar-refractivity contribution < 1.29 is 9.53 Å². The van der Waals surface area contributed by atoms with Crippen LogP contribution < -0.4 is 10.1 Å². The van der Waals surface area contributed by atoms with Gasteiger partial charge in [-0.15, -0.1) is 0 Å². The number of hydrogen-bond acceptors (Lipinski definition) is 3. The highest BCUT2D eigenvalue weighted by atomic mass is 16.5. The summed E-state index contributed by atoms with van der Waals surface area (Å²) in [6, 6.07) is 19.2. The zero-order valence-corrected chi connectivity index (χ0v) is 16.6. The van der Waals surface area contributed by atoms with Crippen LogP contribution in [0.4, 0.5) is 5.69 Å². The lowest BCUT2D eigenvalue weighted by atomic mass is 10.2. The highest BCUT2D eigenvalue weighted by molar-refractivity contribution is 6.08. The normalized spacial score (nSPS) is 10.7. The first-order valence-electron chi connectivity index (χ1n) is 9.33. The molecule has 0 saturated heterocycles. The van der Waals surface area contributed by atoms with Crippen LogP contribution in [0.2, 0.25) is 0 Å². The Morgan fingerprint density at radius 3 is 2.34 bits per heavy atom. The molecular weight excluding hydrogens is 364 g/mol. The maximum atomic E-state index is 13.3. The predicted molar refractivity (Wildman–Crippen MR) is 113 cm³/mol. The van der Waals surface area contributed by atoms with Crippen LogP contribution in [0.15, 0.2) is 73.1 Å². The molecule has 146 valence electrons. The summed E-state index contributed by atoms with van der Waals surface area (Å²) >= 11 is 0. The molecule has 29 heavy (non-hydrogen) atoms. The smallest absolute Gasteiger partial charge is 0.261 e. The van der Waals surface area contributed by atoms with Crippen molar-refractivity contribution in [3.05, 3.63) is 89.9 Å². The molecule has 0 aliphatic heterocycles. The van der Waals surface area contributed by atoms with Gasteiger partial charge in [0.1, 0.15) is 11.3 Å². The van der Waals surface area contributed by atoms with Gasteiger partial charge in [0.2, 0.25) is 0 Å². The van der Waals surface area contributed by atoms with Crippen molar-refractivity contribution in [2.45, 2.75) is 13.8 Å². The van der Waals surface area contributed by atoms with E-state index in [2.05, 4.69) is 10.4 Å². The predicted octanol–water partition coefficient (Wildman–Crippen LogP) is 4.54. The number of para-hydroxylation sites is 2. The molecule has 0 aliphatic carbocycles. The number of aryl methyl sites for hydroxylation is 2. The summed E-state index contributed by atoms with van der Waals surface area (Å²) in [6.07, 6.45) is 3.81. The fraction of sp³-hybridized carbons (Fsp3) is 0.130. The number of rotatable bonds is 5. The topological polar surface area (TPSA) is 61.1 Å². The van der Waals surface area contributed by atoms with E-state index in [4.69, 9.17) is 4.74 Å². The van der Waals surface area contributed by atoms with Gasteiger partial charge >= 0.3 is 0 Å². The van der Waals surface area contributed by atoms with E-state index in [1.807, 2.05) is 91.5 Å². The summed E-state index contributed by atoms with van der Waals surface area (Å²) in [5.74, 6) is 1.05. The molecule has 0 fully saturated rings. The number of nitrogens with zero attached hydrogens (tertiary/aromatic N) is 3. The van der Waals surface area contributed by atoms with Gasteiger partial charge in [-0.05, 0) is 50.2 Å². The fourth-order valence-electron chi connectivity index (χ4n) is 3.29. The minimum Gasteiger partial charge on any atom is -0.495 e. The number of benzene rings is 2. The van der Waals surface area contributed by atoms with Crippen molar-refractivity contribution in [2.24, 2.45) is 0 Å². The van der Waals surface area contributed by atoms with Gasteiger partial charge in [-0.1, -0.05) is 29.8 Å². The van der Waals surface area contributed by atoms with Crippen molar-refractivity contribution in [1.29, 1.82) is 0 Å². The van der Waals surface area contributed by atoms with E-state index >= 15 is 0 Å². The molecule has 1 N–H and O–H groups in total. The zero-order valence-electron chi connectivity index (χ0n) is 16.6. The summed E-state index contributed by atoms with van der Waals surface area (Å²) in [5.41, 5.74) is 3.81. The third-order valence-electron chi connectivity index (χ3n) is 4.75. The second-order valence-electron chi connectivity index (χ2n) is 6.78. The molecule has 0 atom stereocenters. The average molecular weight is 386 g/mol. The summed E-state index contributed by atoms with van der Waals surface area (Å²) in [7, 11) is 1.58. The quantitative estimate of drug-likeness (QED) is 0.548. The van der Waals surface area contributed by atoms with Crippen molar-refractivity contribution in [2.75, 3.05) is 12.4 Å². The highest BCUT2D eigenvalue weighted by Gasteiger charge is 2.24. The van der Waals surface area contributed by atoms with Crippen LogP contribution in [-0.4, -0.2) is 27.4 Å². The SMILES string of the molecule is COc1ccccc1NC(=O)c1c(C)nn(-c2ccc(C)cc2)c1-n1cccc1. The highest BCUT2D eigenvalue weighted by Crippen LogP contribution is 2.27. The molecule has 4 aromatic rings. The third-order valence-corrected chi connectivity index (χ3v) is 4.75. The number of methoxy groups -OCH3 is 1. The molecular formula is C23H22N4O2. The standard InChI is InChI=1S/C23H22N4O2/c1-16-10-12-18(13-11-16)27-23(26-14-6-7-15-26)21(17(2)25-27)22(28)24-19-8-4-5-9-20(19)29-3/h4-15H,1-3H3,(H,24,28). The number of carbonyl (C=O) groups excluding carboxylic acids is 1. The first-order valence-corrected chi connectivity index (χ1v) is 9.33. The molecule has 6 heteroatoms. The van der Waals surface area contributed by atoms with E-state index in [1.54, 1.807) is 11.8 Å². The van der Waals surface area contributed by atoms with Crippen molar-refractivity contribution in [1.82, 2.24) is 14.3 Å². The number of aromatic nitrogens is 3. The minimum absolute atomic E-state index is 0.242. The first-order chi connectivity index (χ1) is 14.1. The molecule has 0 radical (unpaired) electrons. The molecule has 0 spiro atoms. The zero-order chi connectivity index (χ0) is 20.4. The lowest BCUT2D eigenvalue weighted by Gasteiger charge is -2.13. The Bertz CT molecular complexity index is 1140. The summed E-state index contributed by atoms with van der Waals surface area (Å²) in [6.45, 7) is 3.88. The van der Waals surface area contributed by atoms with E-state index in [0.717, 1.165) is 11.3 Å². The van der Waals surface area contributed by atoms with Crippen LogP contribution in [0.25, 0.3) is 11.5 Å². The largest absolute Gasteiger partial charge is 0.495 e. The van der Waals surface area contributed by atoms with Crippen LogP contribution in [0, 0.1) is 13.8 Å². The molecule has 0 bridgehead atoms. The summed E-state index contributed by atoms with van der Waals surface area (Å²) < 4.78 is 9.06. The molecule has 2 aromatic carbocycles. The van der Waals surface area contributed by atoms with Gasteiger partial charge in [-0.2, -0.15) is 5.10 Å². The Morgan fingerprint density at radius 1 is 0.966 bits per heavy atom. The molecule has 0 saturated carbocycles. The van der Waals surface area contributed by atoms with Gasteiger partial charge in [0.15, 0.2) is 5.82 Å². The van der Waals surface area contributed by atoms with Crippen LogP contribution in [0.1, 0.15) is 21.6 Å². The number of amides is 1. The average Bonchev–Trinajstić information content (AvgIpc) is 3.36. The summed E-state index contributed by atoms with van der Waals surface area (Å²) in [5, 5.41) is 7.64. The van der Waals surface area contributed by atoms with E-state index < -0.39 is 0 Å². The van der Waals surface area contributed by atoms with Crippen LogP contribution >= 0.6 is 0 Å². The Balaban J connectivity index is 1.83. The Kier molecular flexibility index (Phi) is 4.91. The number of carbonyl (C=O) groups is 1. The second-order valence-corrected chi connectivity index (χ2v) is 6.78. The number of nitrogens with one attached hydrogen (secondary N) is 1. The van der Waals surface area contributed by atoms with Crippen molar-refractivity contribution >= 4 is 11.6 Å². The van der Waals surface area contributed by atoms with Gasteiger partial charge in [-0.3, -0.25) is 4.79 Å². The minimum atomic E-state index is -0.242.